The first-order valence-electron chi connectivity index (χ1n) is 9.09. The number of sulfonamides is 1. The number of imide groups is 1. The summed E-state index contributed by atoms with van der Waals surface area (Å²) in [7, 11) is -4.11. The highest BCUT2D eigenvalue weighted by Gasteiger charge is 2.33. The molecule has 1 aromatic heterocycles. The van der Waals surface area contributed by atoms with Gasteiger partial charge in [-0.1, -0.05) is 40.9 Å². The Hall–Kier alpha value is -2.63. The number of amides is 4. The molecule has 0 radical (unpaired) electrons. The first-order valence-corrected chi connectivity index (χ1v) is 12.5. The van der Waals surface area contributed by atoms with Gasteiger partial charge in [-0.25, -0.2) is 22.8 Å². The lowest BCUT2D eigenvalue weighted by atomic mass is 9.98. The van der Waals surface area contributed by atoms with E-state index in [4.69, 9.17) is 34.8 Å². The maximum atomic E-state index is 12.9. The summed E-state index contributed by atoms with van der Waals surface area (Å²) in [6.07, 6.45) is -0.0123. The number of thiophene rings is 1. The summed E-state index contributed by atoms with van der Waals surface area (Å²) in [6.45, 7) is 0. The Kier molecular flexibility index (Phi) is 6.39. The van der Waals surface area contributed by atoms with Crippen LogP contribution < -0.4 is 14.9 Å². The summed E-state index contributed by atoms with van der Waals surface area (Å²) >= 11 is 18.8. The van der Waals surface area contributed by atoms with E-state index in [-0.39, 0.29) is 31.4 Å². The van der Waals surface area contributed by atoms with Crippen molar-refractivity contribution in [2.75, 3.05) is 10.2 Å². The maximum absolute atomic E-state index is 12.9. The van der Waals surface area contributed by atoms with Gasteiger partial charge in [0.15, 0.2) is 0 Å². The normalized spacial score (nSPS) is 13.6. The monoisotopic (exact) mass is 543 g/mol. The average Bonchev–Trinajstić information content (AvgIpc) is 3.17. The highest BCUT2D eigenvalue weighted by atomic mass is 35.5. The molecule has 2 heterocycles. The van der Waals surface area contributed by atoms with Crippen molar-refractivity contribution in [3.05, 3.63) is 74.0 Å². The quantitative estimate of drug-likeness (QED) is 0.451. The third-order valence-electron chi connectivity index (χ3n) is 4.58. The van der Waals surface area contributed by atoms with Crippen LogP contribution in [-0.4, -0.2) is 26.3 Å². The molecule has 2 aromatic carbocycles. The number of halogens is 3. The molecule has 0 spiro atoms. The summed E-state index contributed by atoms with van der Waals surface area (Å²) < 4.78 is 26.5. The molecule has 2 N–H and O–H groups in total. The zero-order valence-corrected chi connectivity index (χ0v) is 20.2. The number of rotatable bonds is 4. The van der Waals surface area contributed by atoms with Crippen LogP contribution in [0.1, 0.15) is 15.9 Å². The lowest BCUT2D eigenvalue weighted by Crippen LogP contribution is -2.42. The zero-order valence-electron chi connectivity index (χ0n) is 16.3. The van der Waals surface area contributed by atoms with Gasteiger partial charge in [0.1, 0.15) is 4.21 Å². The van der Waals surface area contributed by atoms with Gasteiger partial charge in [-0.15, -0.1) is 11.3 Å². The van der Waals surface area contributed by atoms with Crippen LogP contribution in [0.3, 0.4) is 0 Å². The van der Waals surface area contributed by atoms with Gasteiger partial charge >= 0.3 is 6.03 Å². The van der Waals surface area contributed by atoms with E-state index >= 15 is 0 Å². The van der Waals surface area contributed by atoms with E-state index < -0.39 is 27.9 Å². The molecule has 13 heteroatoms. The first-order chi connectivity index (χ1) is 15.5. The van der Waals surface area contributed by atoms with Crippen LogP contribution in [0, 0.1) is 0 Å². The lowest BCUT2D eigenvalue weighted by Gasteiger charge is -2.27. The van der Waals surface area contributed by atoms with E-state index in [1.807, 2.05) is 4.72 Å². The predicted octanol–water partition coefficient (Wildman–Crippen LogP) is 4.95. The SMILES string of the molecule is O=C(Nc1ccc(N2C(=O)Cc3ccc(Cl)cc3C2=O)c(Cl)c1)NS(=O)(=O)c1ccc(Cl)s1. The summed E-state index contributed by atoms with van der Waals surface area (Å²) in [6, 6.07) is 10.4. The lowest BCUT2D eigenvalue weighted by molar-refractivity contribution is -0.117. The molecule has 0 saturated carbocycles. The van der Waals surface area contributed by atoms with Crippen LogP contribution >= 0.6 is 46.1 Å². The summed E-state index contributed by atoms with van der Waals surface area (Å²) in [4.78, 5) is 38.7. The van der Waals surface area contributed by atoms with Gasteiger partial charge in [-0.2, -0.15) is 0 Å². The molecule has 1 aliphatic rings. The van der Waals surface area contributed by atoms with Crippen LogP contribution in [0.5, 0.6) is 0 Å². The number of carbonyl (C=O) groups is 3. The van der Waals surface area contributed by atoms with Crippen molar-refractivity contribution in [1.29, 1.82) is 0 Å². The van der Waals surface area contributed by atoms with Crippen LogP contribution in [0.4, 0.5) is 16.2 Å². The van der Waals surface area contributed by atoms with Gasteiger partial charge in [0.2, 0.25) is 5.91 Å². The molecule has 8 nitrogen and oxygen atoms in total. The molecule has 0 fully saturated rings. The van der Waals surface area contributed by atoms with Crippen molar-refractivity contribution >= 4 is 85.4 Å². The number of hydrogen-bond acceptors (Lipinski definition) is 6. The predicted molar refractivity (Wildman–Crippen MR) is 127 cm³/mol. The van der Waals surface area contributed by atoms with Crippen molar-refractivity contribution < 1.29 is 22.8 Å². The number of benzene rings is 2. The molecule has 33 heavy (non-hydrogen) atoms. The molecule has 4 amide bonds. The molecule has 0 unspecified atom stereocenters. The van der Waals surface area contributed by atoms with Crippen molar-refractivity contribution in [3.8, 4) is 0 Å². The van der Waals surface area contributed by atoms with E-state index in [1.165, 1.54) is 36.4 Å². The Balaban J connectivity index is 1.53. The standard InChI is InChI=1S/C20H12Cl3N3O5S2/c21-11-2-1-10-7-17(27)26(19(28)13(10)8-11)15-4-3-12(9-14(15)22)24-20(29)25-33(30,31)18-6-5-16(23)32-18/h1-6,8-9H,7H2,(H2,24,25,29). The average molecular weight is 545 g/mol. The van der Waals surface area contributed by atoms with Crippen molar-refractivity contribution in [3.63, 3.8) is 0 Å². The molecular weight excluding hydrogens is 533 g/mol. The third kappa shape index (κ3) is 4.85. The molecule has 4 rings (SSSR count). The van der Waals surface area contributed by atoms with Gasteiger partial charge in [0.05, 0.1) is 21.5 Å². The Bertz CT molecular complexity index is 1420. The Morgan fingerprint density at radius 2 is 1.76 bits per heavy atom. The number of anilines is 2. The van der Waals surface area contributed by atoms with Crippen molar-refractivity contribution in [2.24, 2.45) is 0 Å². The number of carbonyl (C=O) groups excluding carboxylic acids is 3. The van der Waals surface area contributed by atoms with Gasteiger partial charge in [-0.05, 0) is 48.0 Å². The fourth-order valence-corrected chi connectivity index (χ4v) is 5.99. The smallest absolute Gasteiger partial charge is 0.307 e. The number of urea groups is 1. The van der Waals surface area contributed by atoms with E-state index in [0.29, 0.717) is 16.1 Å². The van der Waals surface area contributed by atoms with Crippen LogP contribution in [0.15, 0.2) is 52.7 Å². The molecule has 0 bridgehead atoms. The number of nitrogens with one attached hydrogen (secondary N) is 2. The second-order valence-electron chi connectivity index (χ2n) is 6.80. The van der Waals surface area contributed by atoms with Gasteiger partial charge < -0.3 is 5.32 Å². The second-order valence-corrected chi connectivity index (χ2v) is 11.3. The molecule has 170 valence electrons. The number of nitrogens with zero attached hydrogens (tertiary/aromatic N) is 1. The topological polar surface area (TPSA) is 113 Å². The highest BCUT2D eigenvalue weighted by Crippen LogP contribution is 2.34. The molecule has 0 saturated heterocycles. The fraction of sp³-hybridized carbons (Fsp3) is 0.0500. The van der Waals surface area contributed by atoms with Crippen LogP contribution in [-0.2, 0) is 21.2 Å². The highest BCUT2D eigenvalue weighted by molar-refractivity contribution is 7.92. The van der Waals surface area contributed by atoms with Crippen LogP contribution in [0.25, 0.3) is 0 Å². The van der Waals surface area contributed by atoms with Crippen molar-refractivity contribution in [1.82, 2.24) is 4.72 Å². The minimum atomic E-state index is -4.11. The van der Waals surface area contributed by atoms with E-state index in [2.05, 4.69) is 5.32 Å². The first kappa shape index (κ1) is 23.5. The van der Waals surface area contributed by atoms with Crippen molar-refractivity contribution in [2.45, 2.75) is 10.6 Å². The third-order valence-corrected chi connectivity index (χ3v) is 8.18. The van der Waals surface area contributed by atoms with Crippen LogP contribution in [0.2, 0.25) is 14.4 Å². The van der Waals surface area contributed by atoms with Gasteiger partial charge in [0.25, 0.3) is 15.9 Å². The maximum Gasteiger partial charge on any atom is 0.333 e. The molecule has 0 aliphatic carbocycles. The number of hydrogen-bond donors (Lipinski definition) is 2. The largest absolute Gasteiger partial charge is 0.333 e. The summed E-state index contributed by atoms with van der Waals surface area (Å²) in [5, 5.41) is 2.69. The van der Waals surface area contributed by atoms with Gasteiger partial charge in [0, 0.05) is 16.3 Å². The summed E-state index contributed by atoms with van der Waals surface area (Å²) in [5.41, 5.74) is 1.11. The molecule has 3 aromatic rings. The Labute approximate surface area is 207 Å². The van der Waals surface area contributed by atoms with E-state index in [1.54, 1.807) is 12.1 Å². The van der Waals surface area contributed by atoms with Gasteiger partial charge in [-0.3, -0.25) is 9.59 Å². The fourth-order valence-electron chi connectivity index (χ4n) is 3.16. The minimum Gasteiger partial charge on any atom is -0.307 e. The Morgan fingerprint density at radius 3 is 2.42 bits per heavy atom. The second kappa shape index (κ2) is 8.96. The Morgan fingerprint density at radius 1 is 1.00 bits per heavy atom. The zero-order chi connectivity index (χ0) is 23.9. The van der Waals surface area contributed by atoms with E-state index in [0.717, 1.165) is 16.2 Å². The minimum absolute atomic E-state index is 0.00660. The van der Waals surface area contributed by atoms with E-state index in [9.17, 15) is 22.8 Å². The molecule has 0 atom stereocenters. The summed E-state index contributed by atoms with van der Waals surface area (Å²) in [5.74, 6) is -1.05. The molecular formula is C20H12Cl3N3O5S2. The number of fused-ring (bicyclic) bond motifs is 1. The molecule has 1 aliphatic heterocycles.